The number of hydrogen-bond acceptors (Lipinski definition) is 4. The number of rotatable bonds is 5. The highest BCUT2D eigenvalue weighted by Gasteiger charge is 2.26. The first-order valence-corrected chi connectivity index (χ1v) is 11.3. The molecule has 2 N–H and O–H groups in total. The number of aromatic nitrogens is 6. The van der Waals surface area contributed by atoms with E-state index in [9.17, 15) is 4.39 Å². The number of halogens is 1. The van der Waals surface area contributed by atoms with Crippen molar-refractivity contribution in [3.63, 3.8) is 0 Å². The summed E-state index contributed by atoms with van der Waals surface area (Å²) >= 11 is 0. The van der Waals surface area contributed by atoms with Crippen LogP contribution in [0.3, 0.4) is 0 Å². The molecule has 0 radical (unpaired) electrons. The molecule has 0 saturated heterocycles. The minimum absolute atomic E-state index is 0.233. The van der Waals surface area contributed by atoms with Gasteiger partial charge in [-0.05, 0) is 47.4 Å². The first kappa shape index (κ1) is 20.4. The van der Waals surface area contributed by atoms with Gasteiger partial charge in [0.15, 0.2) is 5.82 Å². The largest absolute Gasteiger partial charge is 0.360 e. The van der Waals surface area contributed by atoms with E-state index < -0.39 is 0 Å². The van der Waals surface area contributed by atoms with Gasteiger partial charge in [0, 0.05) is 29.9 Å². The fourth-order valence-corrected chi connectivity index (χ4v) is 4.68. The maximum atomic E-state index is 13.9. The molecule has 4 heterocycles. The summed E-state index contributed by atoms with van der Waals surface area (Å²) in [6, 6.07) is 11.0. The topological polar surface area (TPSA) is 78.4 Å². The summed E-state index contributed by atoms with van der Waals surface area (Å²) < 4.78 is 15.7. The number of hydrogen-bond donors (Lipinski definition) is 2. The molecule has 34 heavy (non-hydrogen) atoms. The van der Waals surface area contributed by atoms with Gasteiger partial charge >= 0.3 is 0 Å². The van der Waals surface area contributed by atoms with Crippen LogP contribution in [-0.4, -0.2) is 34.8 Å². The lowest BCUT2D eigenvalue weighted by atomic mass is 9.97. The summed E-state index contributed by atoms with van der Waals surface area (Å²) in [6.07, 6.45) is 4.63. The zero-order chi connectivity index (χ0) is 23.4. The maximum Gasteiger partial charge on any atom is 0.159 e. The van der Waals surface area contributed by atoms with Gasteiger partial charge in [-0.1, -0.05) is 25.6 Å². The Kier molecular flexibility index (Phi) is 4.62. The van der Waals surface area contributed by atoms with Crippen LogP contribution < -0.4 is 0 Å². The number of fused-ring (bicyclic) bond motifs is 2. The Morgan fingerprint density at radius 2 is 2.06 bits per heavy atom. The van der Waals surface area contributed by atoms with Crippen LogP contribution in [0.1, 0.15) is 29.4 Å². The molecular formula is C26H24FN7. The number of aryl methyl sites for hydroxylation is 2. The van der Waals surface area contributed by atoms with Crippen LogP contribution in [0.15, 0.2) is 55.4 Å². The van der Waals surface area contributed by atoms with Crippen molar-refractivity contribution >= 4 is 16.6 Å². The molecule has 5 aromatic rings. The number of benzene rings is 2. The van der Waals surface area contributed by atoms with E-state index in [0.29, 0.717) is 13.1 Å². The van der Waals surface area contributed by atoms with Gasteiger partial charge in [-0.2, -0.15) is 10.2 Å². The lowest BCUT2D eigenvalue weighted by Crippen LogP contribution is -2.14. The van der Waals surface area contributed by atoms with Crippen LogP contribution in [0.25, 0.3) is 39.2 Å². The summed E-state index contributed by atoms with van der Waals surface area (Å²) in [4.78, 5) is 10.5. The predicted octanol–water partition coefficient (Wildman–Crippen LogP) is 5.04. The molecule has 8 heteroatoms. The third kappa shape index (κ3) is 3.30. The molecule has 0 atom stereocenters. The van der Waals surface area contributed by atoms with E-state index in [-0.39, 0.29) is 5.82 Å². The molecule has 0 fully saturated rings. The lowest BCUT2D eigenvalue weighted by Gasteiger charge is -2.19. The third-order valence-electron chi connectivity index (χ3n) is 6.52. The Labute approximate surface area is 196 Å². The van der Waals surface area contributed by atoms with Crippen molar-refractivity contribution in [1.82, 2.24) is 34.8 Å². The van der Waals surface area contributed by atoms with Crippen molar-refractivity contribution in [3.05, 3.63) is 83.7 Å². The zero-order valence-corrected chi connectivity index (χ0v) is 19.1. The van der Waals surface area contributed by atoms with Gasteiger partial charge in [0.05, 0.1) is 36.2 Å². The van der Waals surface area contributed by atoms with Crippen LogP contribution in [0, 0.1) is 5.82 Å². The van der Waals surface area contributed by atoms with Gasteiger partial charge in [0.1, 0.15) is 11.5 Å². The molecule has 1 aliphatic heterocycles. The second-order valence-electron chi connectivity index (χ2n) is 8.70. The molecule has 2 aromatic carbocycles. The molecule has 170 valence electrons. The van der Waals surface area contributed by atoms with E-state index in [0.717, 1.165) is 68.2 Å². The molecule has 3 aromatic heterocycles. The second-order valence-corrected chi connectivity index (χ2v) is 8.70. The molecule has 0 spiro atoms. The Balaban J connectivity index is 1.28. The first-order chi connectivity index (χ1) is 16.5. The van der Waals surface area contributed by atoms with Crippen molar-refractivity contribution < 1.29 is 4.39 Å². The van der Waals surface area contributed by atoms with Crippen LogP contribution in [-0.2, 0) is 26.6 Å². The van der Waals surface area contributed by atoms with Crippen molar-refractivity contribution in [3.8, 4) is 22.6 Å². The van der Waals surface area contributed by atoms with E-state index in [4.69, 9.17) is 4.98 Å². The Morgan fingerprint density at radius 1 is 1.18 bits per heavy atom. The van der Waals surface area contributed by atoms with Crippen LogP contribution in [0.5, 0.6) is 0 Å². The molecule has 0 bridgehead atoms. The van der Waals surface area contributed by atoms with E-state index in [1.165, 1.54) is 6.07 Å². The van der Waals surface area contributed by atoms with Gasteiger partial charge < -0.3 is 9.88 Å². The summed E-state index contributed by atoms with van der Waals surface area (Å²) in [7, 11) is 1.90. The normalized spacial score (nSPS) is 13.1. The van der Waals surface area contributed by atoms with E-state index in [2.05, 4.69) is 38.7 Å². The van der Waals surface area contributed by atoms with Crippen molar-refractivity contribution in [2.45, 2.75) is 26.4 Å². The predicted molar refractivity (Wildman–Crippen MR) is 130 cm³/mol. The number of nitrogens with zero attached hydrogens (tertiary/aromatic N) is 5. The highest BCUT2D eigenvalue weighted by atomic mass is 19.1. The van der Waals surface area contributed by atoms with E-state index >= 15 is 0 Å². The van der Waals surface area contributed by atoms with E-state index in [1.54, 1.807) is 10.7 Å². The molecule has 7 nitrogen and oxygen atoms in total. The average molecular weight is 454 g/mol. The lowest BCUT2D eigenvalue weighted by molar-refractivity contribution is 0.417. The number of H-pyrrole nitrogens is 2. The SMILES string of the molecule is C=C(c1cnn(C)c1)N1Cc2nc(-c3n[nH]c4cc(-c5cc(F)ccc5CC)ccc34)[nH]c2C1. The Bertz CT molecular complexity index is 1530. The summed E-state index contributed by atoms with van der Waals surface area (Å²) in [6.45, 7) is 7.71. The number of imidazole rings is 1. The van der Waals surface area contributed by atoms with Gasteiger partial charge in [0.2, 0.25) is 0 Å². The van der Waals surface area contributed by atoms with Crippen LogP contribution >= 0.6 is 0 Å². The molecular weight excluding hydrogens is 429 g/mol. The molecule has 1 aliphatic rings. The standard InChI is InChI=1S/C26H24FN7/c1-4-16-5-7-19(27)10-21(16)17-6-8-20-22(9-17)31-32-25(20)26-29-23-13-34(14-24(23)30-26)15(2)18-11-28-33(3)12-18/h5-12H,2,4,13-14H2,1,3H3,(H,29,30)(H,31,32). The molecule has 6 rings (SSSR count). The molecule has 0 amide bonds. The Hall–Kier alpha value is -4.20. The highest BCUT2D eigenvalue weighted by Crippen LogP contribution is 2.34. The van der Waals surface area contributed by atoms with Crippen LogP contribution in [0.4, 0.5) is 4.39 Å². The maximum absolute atomic E-state index is 13.9. The summed E-state index contributed by atoms with van der Waals surface area (Å²) in [5, 5.41) is 12.9. The molecule has 0 saturated carbocycles. The average Bonchev–Trinajstić information content (AvgIpc) is 3.60. The Morgan fingerprint density at radius 3 is 2.82 bits per heavy atom. The minimum atomic E-state index is -0.233. The van der Waals surface area contributed by atoms with Crippen molar-refractivity contribution in [1.29, 1.82) is 0 Å². The smallest absolute Gasteiger partial charge is 0.159 e. The fourth-order valence-electron chi connectivity index (χ4n) is 4.68. The monoisotopic (exact) mass is 453 g/mol. The summed E-state index contributed by atoms with van der Waals surface area (Å²) in [5.41, 5.74) is 8.66. The second kappa shape index (κ2) is 7.69. The zero-order valence-electron chi connectivity index (χ0n) is 19.1. The summed E-state index contributed by atoms with van der Waals surface area (Å²) in [5.74, 6) is 0.513. The van der Waals surface area contributed by atoms with Gasteiger partial charge in [0.25, 0.3) is 0 Å². The highest BCUT2D eigenvalue weighted by molar-refractivity contribution is 5.94. The number of aromatic amines is 2. The third-order valence-corrected chi connectivity index (χ3v) is 6.52. The van der Waals surface area contributed by atoms with Gasteiger partial charge in [-0.3, -0.25) is 9.78 Å². The van der Waals surface area contributed by atoms with E-state index in [1.807, 2.05) is 43.7 Å². The molecule has 0 aliphatic carbocycles. The fraction of sp³-hybridized carbons (Fsp3) is 0.192. The van der Waals surface area contributed by atoms with Crippen molar-refractivity contribution in [2.24, 2.45) is 7.05 Å². The van der Waals surface area contributed by atoms with Crippen molar-refractivity contribution in [2.75, 3.05) is 0 Å². The molecule has 0 unspecified atom stereocenters. The minimum Gasteiger partial charge on any atom is -0.360 e. The first-order valence-electron chi connectivity index (χ1n) is 11.3. The van der Waals surface area contributed by atoms with Gasteiger partial charge in [-0.15, -0.1) is 0 Å². The quantitative estimate of drug-likeness (QED) is 0.391. The number of nitrogens with one attached hydrogen (secondary N) is 2. The van der Waals surface area contributed by atoms with Gasteiger partial charge in [-0.25, -0.2) is 9.37 Å². The van der Waals surface area contributed by atoms with Crippen LogP contribution in [0.2, 0.25) is 0 Å².